The average molecular weight is 279 g/mol. The molecule has 0 saturated heterocycles. The fourth-order valence-electron chi connectivity index (χ4n) is 3.24. The Morgan fingerprint density at radius 2 is 2.05 bits per heavy atom. The molecule has 1 aromatic heterocycles. The summed E-state index contributed by atoms with van der Waals surface area (Å²) in [4.78, 5) is 2.32. The maximum Gasteiger partial charge on any atom is 0.0580 e. The van der Waals surface area contributed by atoms with Gasteiger partial charge in [0.05, 0.1) is 12.3 Å². The first-order chi connectivity index (χ1) is 9.38. The van der Waals surface area contributed by atoms with Gasteiger partial charge >= 0.3 is 0 Å². The minimum Gasteiger partial charge on any atom is -0.393 e. The van der Waals surface area contributed by atoms with E-state index in [1.54, 1.807) is 0 Å². The Kier molecular flexibility index (Phi) is 4.86. The number of aliphatic hydroxyl groups excluding tert-OH is 1. The Morgan fingerprint density at radius 3 is 2.70 bits per heavy atom. The Morgan fingerprint density at radius 1 is 1.35 bits per heavy atom. The standard InChI is InChI=1S/C16H29N3O/c1-16(2,3)15-13(9-17-18-15)11-19(4)10-12-7-5-6-8-14(12)20/h9,12,14,20H,5-8,10-11H2,1-4H3,(H,17,18). The first-order valence-corrected chi connectivity index (χ1v) is 7.77. The second-order valence-corrected chi connectivity index (χ2v) is 7.33. The van der Waals surface area contributed by atoms with Gasteiger partial charge in [-0.1, -0.05) is 33.6 Å². The lowest BCUT2D eigenvalue weighted by molar-refractivity contribution is 0.0501. The molecule has 1 heterocycles. The molecule has 4 heteroatoms. The molecule has 114 valence electrons. The maximum atomic E-state index is 10.1. The van der Waals surface area contributed by atoms with Gasteiger partial charge in [-0.3, -0.25) is 5.10 Å². The van der Waals surface area contributed by atoms with Crippen LogP contribution < -0.4 is 0 Å². The van der Waals surface area contributed by atoms with Gasteiger partial charge in [0.2, 0.25) is 0 Å². The average Bonchev–Trinajstić information content (AvgIpc) is 2.80. The van der Waals surface area contributed by atoms with Crippen LogP contribution in [0.3, 0.4) is 0 Å². The molecule has 1 aromatic rings. The molecule has 2 rings (SSSR count). The molecule has 2 unspecified atom stereocenters. The third-order valence-electron chi connectivity index (χ3n) is 4.32. The van der Waals surface area contributed by atoms with E-state index in [4.69, 9.17) is 0 Å². The third kappa shape index (κ3) is 3.83. The van der Waals surface area contributed by atoms with Gasteiger partial charge in [-0.2, -0.15) is 5.10 Å². The first-order valence-electron chi connectivity index (χ1n) is 7.77. The molecule has 1 aliphatic carbocycles. The molecule has 20 heavy (non-hydrogen) atoms. The molecule has 2 atom stereocenters. The van der Waals surface area contributed by atoms with Crippen molar-refractivity contribution >= 4 is 0 Å². The van der Waals surface area contributed by atoms with Crippen LogP contribution in [0, 0.1) is 5.92 Å². The van der Waals surface area contributed by atoms with E-state index >= 15 is 0 Å². The summed E-state index contributed by atoms with van der Waals surface area (Å²) in [7, 11) is 2.14. The van der Waals surface area contributed by atoms with Gasteiger partial charge in [0, 0.05) is 29.8 Å². The van der Waals surface area contributed by atoms with Crippen molar-refractivity contribution in [3.63, 3.8) is 0 Å². The van der Waals surface area contributed by atoms with Gasteiger partial charge < -0.3 is 10.0 Å². The minimum absolute atomic E-state index is 0.0943. The van der Waals surface area contributed by atoms with Crippen LogP contribution in [0.2, 0.25) is 0 Å². The van der Waals surface area contributed by atoms with Crippen LogP contribution in [0.25, 0.3) is 0 Å². The second kappa shape index (κ2) is 6.27. The maximum absolute atomic E-state index is 10.1. The Labute approximate surface area is 122 Å². The van der Waals surface area contributed by atoms with Gasteiger partial charge in [-0.15, -0.1) is 0 Å². The van der Waals surface area contributed by atoms with E-state index in [2.05, 4.69) is 42.9 Å². The highest BCUT2D eigenvalue weighted by atomic mass is 16.3. The summed E-state index contributed by atoms with van der Waals surface area (Å²) in [6.45, 7) is 8.47. The number of aromatic nitrogens is 2. The summed E-state index contributed by atoms with van der Waals surface area (Å²) < 4.78 is 0. The van der Waals surface area contributed by atoms with Crippen LogP contribution in [0.1, 0.15) is 57.7 Å². The quantitative estimate of drug-likeness (QED) is 0.891. The Bertz CT molecular complexity index is 422. The van der Waals surface area contributed by atoms with Crippen molar-refractivity contribution in [3.8, 4) is 0 Å². The SMILES string of the molecule is CN(Cc1cn[nH]c1C(C)(C)C)CC1CCCCC1O. The number of hydrogen-bond acceptors (Lipinski definition) is 3. The third-order valence-corrected chi connectivity index (χ3v) is 4.32. The fourth-order valence-corrected chi connectivity index (χ4v) is 3.24. The van der Waals surface area contributed by atoms with E-state index in [9.17, 15) is 5.11 Å². The van der Waals surface area contributed by atoms with Crippen molar-refractivity contribution in [1.29, 1.82) is 0 Å². The molecule has 1 saturated carbocycles. The van der Waals surface area contributed by atoms with Crippen LogP contribution in [-0.4, -0.2) is 39.9 Å². The predicted molar refractivity (Wildman–Crippen MR) is 81.6 cm³/mol. The van der Waals surface area contributed by atoms with Crippen LogP contribution in [0.4, 0.5) is 0 Å². The van der Waals surface area contributed by atoms with E-state index in [1.165, 1.54) is 24.1 Å². The molecule has 2 N–H and O–H groups in total. The molecule has 1 fully saturated rings. The Hall–Kier alpha value is -0.870. The summed E-state index contributed by atoms with van der Waals surface area (Å²) in [5.41, 5.74) is 2.58. The van der Waals surface area contributed by atoms with Crippen molar-refractivity contribution in [3.05, 3.63) is 17.5 Å². The minimum atomic E-state index is -0.113. The second-order valence-electron chi connectivity index (χ2n) is 7.33. The number of rotatable bonds is 4. The monoisotopic (exact) mass is 279 g/mol. The highest BCUT2D eigenvalue weighted by Gasteiger charge is 2.25. The molecule has 0 aliphatic heterocycles. The van der Waals surface area contributed by atoms with Gasteiger partial charge in [-0.05, 0) is 25.8 Å². The van der Waals surface area contributed by atoms with Crippen molar-refractivity contribution in [2.45, 2.75) is 64.5 Å². The lowest BCUT2D eigenvalue weighted by atomic mass is 9.86. The summed E-state index contributed by atoms with van der Waals surface area (Å²) in [6, 6.07) is 0. The molecule has 0 spiro atoms. The summed E-state index contributed by atoms with van der Waals surface area (Å²) >= 11 is 0. The van der Waals surface area contributed by atoms with E-state index < -0.39 is 0 Å². The highest BCUT2D eigenvalue weighted by molar-refractivity contribution is 5.23. The largest absolute Gasteiger partial charge is 0.393 e. The number of nitrogens with one attached hydrogen (secondary N) is 1. The van der Waals surface area contributed by atoms with E-state index in [0.717, 1.165) is 25.9 Å². The Balaban J connectivity index is 1.94. The fraction of sp³-hybridized carbons (Fsp3) is 0.812. The number of hydrogen-bond donors (Lipinski definition) is 2. The molecule has 0 bridgehead atoms. The normalized spacial score (nSPS) is 24.3. The molecular weight excluding hydrogens is 250 g/mol. The smallest absolute Gasteiger partial charge is 0.0580 e. The van der Waals surface area contributed by atoms with Crippen LogP contribution >= 0.6 is 0 Å². The molecular formula is C16H29N3O. The van der Waals surface area contributed by atoms with Crippen molar-refractivity contribution < 1.29 is 5.11 Å². The molecule has 4 nitrogen and oxygen atoms in total. The van der Waals surface area contributed by atoms with Crippen molar-refractivity contribution in [2.75, 3.05) is 13.6 Å². The zero-order chi connectivity index (χ0) is 14.8. The van der Waals surface area contributed by atoms with Gasteiger partial charge in [0.15, 0.2) is 0 Å². The predicted octanol–water partition coefficient (Wildman–Crippen LogP) is 2.69. The van der Waals surface area contributed by atoms with E-state index in [1.807, 2.05) is 6.20 Å². The van der Waals surface area contributed by atoms with Crippen LogP contribution in [0.5, 0.6) is 0 Å². The van der Waals surface area contributed by atoms with E-state index in [-0.39, 0.29) is 11.5 Å². The van der Waals surface area contributed by atoms with Gasteiger partial charge in [0.25, 0.3) is 0 Å². The van der Waals surface area contributed by atoms with Crippen molar-refractivity contribution in [1.82, 2.24) is 15.1 Å². The summed E-state index contributed by atoms with van der Waals surface area (Å²) in [6.07, 6.45) is 6.39. The molecule has 0 radical (unpaired) electrons. The van der Waals surface area contributed by atoms with Crippen LogP contribution in [0.15, 0.2) is 6.20 Å². The number of H-pyrrole nitrogens is 1. The molecule has 1 aliphatic rings. The molecule has 0 aromatic carbocycles. The number of aromatic amines is 1. The van der Waals surface area contributed by atoms with Gasteiger partial charge in [-0.25, -0.2) is 0 Å². The highest BCUT2D eigenvalue weighted by Crippen LogP contribution is 2.27. The summed E-state index contributed by atoms with van der Waals surface area (Å²) in [5, 5.41) is 17.4. The topological polar surface area (TPSA) is 52.2 Å². The lowest BCUT2D eigenvalue weighted by Gasteiger charge is -2.31. The molecule has 0 amide bonds. The van der Waals surface area contributed by atoms with Crippen LogP contribution in [-0.2, 0) is 12.0 Å². The van der Waals surface area contributed by atoms with Crippen molar-refractivity contribution in [2.24, 2.45) is 5.92 Å². The van der Waals surface area contributed by atoms with Gasteiger partial charge in [0.1, 0.15) is 0 Å². The number of nitrogens with zero attached hydrogens (tertiary/aromatic N) is 2. The lowest BCUT2D eigenvalue weighted by Crippen LogP contribution is -2.35. The van der Waals surface area contributed by atoms with E-state index in [0.29, 0.717) is 5.92 Å². The zero-order valence-corrected chi connectivity index (χ0v) is 13.3. The first kappa shape index (κ1) is 15.5. The summed E-state index contributed by atoms with van der Waals surface area (Å²) in [5.74, 6) is 0.429. The zero-order valence-electron chi connectivity index (χ0n) is 13.3. The number of aliphatic hydroxyl groups is 1.